The molecule has 3 rings (SSSR count). The third-order valence-electron chi connectivity index (χ3n) is 3.79. The molecule has 2 aromatic heterocycles. The molecule has 7 nitrogen and oxygen atoms in total. The molecule has 0 atom stereocenters. The number of carbonyl (C=O) groups is 2. The molecule has 0 aliphatic rings. The first-order valence-corrected chi connectivity index (χ1v) is 9.50. The van der Waals surface area contributed by atoms with Crippen LogP contribution in [0, 0.1) is 5.92 Å². The van der Waals surface area contributed by atoms with Crippen molar-refractivity contribution in [2.24, 2.45) is 5.92 Å². The van der Waals surface area contributed by atoms with Gasteiger partial charge < -0.3 is 10.6 Å². The lowest BCUT2D eigenvalue weighted by Gasteiger charge is -2.04. The average Bonchev–Trinajstić information content (AvgIpc) is 3.30. The fourth-order valence-corrected chi connectivity index (χ4v) is 3.01. The average molecular weight is 383 g/mol. The molecule has 0 spiro atoms. The van der Waals surface area contributed by atoms with E-state index in [-0.39, 0.29) is 24.2 Å². The van der Waals surface area contributed by atoms with Crippen molar-refractivity contribution in [2.75, 3.05) is 5.32 Å². The second-order valence-corrected chi connectivity index (χ2v) is 7.23. The van der Waals surface area contributed by atoms with Gasteiger partial charge in [0.15, 0.2) is 5.13 Å². The van der Waals surface area contributed by atoms with Crippen LogP contribution >= 0.6 is 11.3 Å². The zero-order chi connectivity index (χ0) is 19.2. The van der Waals surface area contributed by atoms with Crippen molar-refractivity contribution in [3.63, 3.8) is 0 Å². The molecule has 0 saturated carbocycles. The molecule has 0 unspecified atom stereocenters. The molecule has 8 heteroatoms. The van der Waals surface area contributed by atoms with E-state index in [0.717, 1.165) is 11.3 Å². The van der Waals surface area contributed by atoms with E-state index in [4.69, 9.17) is 0 Å². The summed E-state index contributed by atoms with van der Waals surface area (Å²) in [6, 6.07) is 9.78. The van der Waals surface area contributed by atoms with E-state index in [1.165, 1.54) is 11.3 Å². The number of para-hydroxylation sites is 1. The van der Waals surface area contributed by atoms with Crippen molar-refractivity contribution in [3.8, 4) is 5.69 Å². The summed E-state index contributed by atoms with van der Waals surface area (Å²) in [5.41, 5.74) is 2.51. The van der Waals surface area contributed by atoms with Gasteiger partial charge in [0.05, 0.1) is 24.0 Å². The van der Waals surface area contributed by atoms with Gasteiger partial charge >= 0.3 is 0 Å². The Balaban J connectivity index is 1.50. The Hall–Kier alpha value is -3.00. The zero-order valence-electron chi connectivity index (χ0n) is 15.2. The van der Waals surface area contributed by atoms with Gasteiger partial charge in [-0.15, -0.1) is 11.3 Å². The normalized spacial score (nSPS) is 10.8. The van der Waals surface area contributed by atoms with E-state index in [1.54, 1.807) is 16.3 Å². The number of rotatable bonds is 7. The molecule has 27 heavy (non-hydrogen) atoms. The van der Waals surface area contributed by atoms with Crippen molar-refractivity contribution in [2.45, 2.75) is 26.8 Å². The molecular formula is C19H21N5O2S. The molecule has 2 amide bonds. The highest BCUT2D eigenvalue weighted by Crippen LogP contribution is 2.16. The summed E-state index contributed by atoms with van der Waals surface area (Å²) >= 11 is 1.32. The third-order valence-corrected chi connectivity index (χ3v) is 4.60. The predicted molar refractivity (Wildman–Crippen MR) is 105 cm³/mol. The van der Waals surface area contributed by atoms with Crippen LogP contribution in [0.1, 0.15) is 25.1 Å². The summed E-state index contributed by atoms with van der Waals surface area (Å²) < 4.78 is 1.77. The SMILES string of the molecule is CC(C)C(=O)Nc1nc(CC(=O)NCc2cnn(-c3ccccc3)c2)cs1. The van der Waals surface area contributed by atoms with Crippen LogP contribution in [0.15, 0.2) is 48.1 Å². The third kappa shape index (κ3) is 5.24. The van der Waals surface area contributed by atoms with Crippen LogP contribution in [0.2, 0.25) is 0 Å². The van der Waals surface area contributed by atoms with Crippen molar-refractivity contribution in [1.29, 1.82) is 0 Å². The molecule has 0 bridgehead atoms. The molecule has 0 aliphatic carbocycles. The monoisotopic (exact) mass is 383 g/mol. The summed E-state index contributed by atoms with van der Waals surface area (Å²) in [5, 5.41) is 12.2. The fourth-order valence-electron chi connectivity index (χ4n) is 2.30. The maximum absolute atomic E-state index is 12.1. The molecule has 0 saturated heterocycles. The Labute approximate surface area is 161 Å². The number of nitrogens with zero attached hydrogens (tertiary/aromatic N) is 3. The van der Waals surface area contributed by atoms with Gasteiger partial charge in [-0.05, 0) is 12.1 Å². The van der Waals surface area contributed by atoms with Gasteiger partial charge in [-0.3, -0.25) is 9.59 Å². The van der Waals surface area contributed by atoms with E-state index >= 15 is 0 Å². The first-order valence-electron chi connectivity index (χ1n) is 8.62. The number of aromatic nitrogens is 3. The molecular weight excluding hydrogens is 362 g/mol. The Morgan fingerprint density at radius 2 is 2.00 bits per heavy atom. The minimum atomic E-state index is -0.130. The molecule has 2 N–H and O–H groups in total. The van der Waals surface area contributed by atoms with Gasteiger partial charge in [0, 0.05) is 29.6 Å². The zero-order valence-corrected chi connectivity index (χ0v) is 16.0. The highest BCUT2D eigenvalue weighted by atomic mass is 32.1. The van der Waals surface area contributed by atoms with Crippen LogP contribution in [0.3, 0.4) is 0 Å². The van der Waals surface area contributed by atoms with Crippen LogP contribution in [0.25, 0.3) is 5.69 Å². The molecule has 2 heterocycles. The number of thiazole rings is 1. The molecule has 0 radical (unpaired) electrons. The van der Waals surface area contributed by atoms with E-state index < -0.39 is 0 Å². The highest BCUT2D eigenvalue weighted by Gasteiger charge is 2.12. The molecule has 140 valence electrons. The summed E-state index contributed by atoms with van der Waals surface area (Å²) in [6.45, 7) is 4.03. The van der Waals surface area contributed by atoms with E-state index in [0.29, 0.717) is 17.4 Å². The largest absolute Gasteiger partial charge is 0.352 e. The topological polar surface area (TPSA) is 88.9 Å². The lowest BCUT2D eigenvalue weighted by Crippen LogP contribution is -2.24. The Bertz CT molecular complexity index is 917. The number of amides is 2. The lowest BCUT2D eigenvalue weighted by atomic mass is 10.2. The number of nitrogens with one attached hydrogen (secondary N) is 2. The van der Waals surface area contributed by atoms with Gasteiger partial charge in [0.1, 0.15) is 0 Å². The quantitative estimate of drug-likeness (QED) is 0.657. The van der Waals surface area contributed by atoms with Gasteiger partial charge in [0.2, 0.25) is 11.8 Å². The van der Waals surface area contributed by atoms with Crippen LogP contribution in [-0.2, 0) is 22.6 Å². The second kappa shape index (κ2) is 8.59. The van der Waals surface area contributed by atoms with E-state index in [1.807, 2.05) is 50.4 Å². The molecule has 0 fully saturated rings. The predicted octanol–water partition coefficient (Wildman–Crippen LogP) is 2.78. The Kier molecular flexibility index (Phi) is 5.97. The molecule has 1 aromatic carbocycles. The Morgan fingerprint density at radius 3 is 2.74 bits per heavy atom. The molecule has 3 aromatic rings. The summed E-state index contributed by atoms with van der Waals surface area (Å²) in [7, 11) is 0. The van der Waals surface area contributed by atoms with Crippen molar-refractivity contribution < 1.29 is 9.59 Å². The van der Waals surface area contributed by atoms with E-state index in [9.17, 15) is 9.59 Å². The minimum absolute atomic E-state index is 0.0872. The summed E-state index contributed by atoms with van der Waals surface area (Å²) in [6.07, 6.45) is 3.79. The van der Waals surface area contributed by atoms with Crippen molar-refractivity contribution in [3.05, 3.63) is 59.4 Å². The highest BCUT2D eigenvalue weighted by molar-refractivity contribution is 7.13. The second-order valence-electron chi connectivity index (χ2n) is 6.37. The van der Waals surface area contributed by atoms with Gasteiger partial charge in [-0.2, -0.15) is 5.10 Å². The van der Waals surface area contributed by atoms with Crippen LogP contribution in [0.4, 0.5) is 5.13 Å². The van der Waals surface area contributed by atoms with Crippen molar-refractivity contribution in [1.82, 2.24) is 20.1 Å². The van der Waals surface area contributed by atoms with E-state index in [2.05, 4.69) is 20.7 Å². The van der Waals surface area contributed by atoms with Gasteiger partial charge in [-0.25, -0.2) is 9.67 Å². The first kappa shape index (κ1) is 18.8. The van der Waals surface area contributed by atoms with Crippen LogP contribution < -0.4 is 10.6 Å². The first-order chi connectivity index (χ1) is 13.0. The summed E-state index contributed by atoms with van der Waals surface area (Å²) in [4.78, 5) is 28.1. The number of hydrogen-bond donors (Lipinski definition) is 2. The number of benzene rings is 1. The smallest absolute Gasteiger partial charge is 0.228 e. The maximum atomic E-state index is 12.1. The summed E-state index contributed by atoms with van der Waals surface area (Å²) in [5.74, 6) is -0.331. The minimum Gasteiger partial charge on any atom is -0.352 e. The lowest BCUT2D eigenvalue weighted by molar-refractivity contribution is -0.120. The molecule has 0 aliphatic heterocycles. The van der Waals surface area contributed by atoms with Crippen LogP contribution in [-0.4, -0.2) is 26.6 Å². The standard InChI is InChI=1S/C19H21N5O2S/c1-13(2)18(26)23-19-22-15(12-27-19)8-17(25)20-9-14-10-21-24(11-14)16-6-4-3-5-7-16/h3-7,10-13H,8-9H2,1-2H3,(H,20,25)(H,22,23,26). The maximum Gasteiger partial charge on any atom is 0.228 e. The fraction of sp³-hybridized carbons (Fsp3) is 0.263. The number of anilines is 1. The van der Waals surface area contributed by atoms with Crippen LogP contribution in [0.5, 0.6) is 0 Å². The van der Waals surface area contributed by atoms with Gasteiger partial charge in [-0.1, -0.05) is 32.0 Å². The Morgan fingerprint density at radius 1 is 1.22 bits per heavy atom. The number of hydrogen-bond acceptors (Lipinski definition) is 5. The number of carbonyl (C=O) groups excluding carboxylic acids is 2. The van der Waals surface area contributed by atoms with Gasteiger partial charge in [0.25, 0.3) is 0 Å². The van der Waals surface area contributed by atoms with Crippen molar-refractivity contribution >= 4 is 28.3 Å².